The molecule has 0 saturated carbocycles. The largest absolute Gasteiger partial charge is 0.297 e. The average Bonchev–Trinajstić information content (AvgIpc) is 2.97. The molecule has 1 N–H and O–H groups in total. The van der Waals surface area contributed by atoms with Gasteiger partial charge in [0.1, 0.15) is 11.6 Å². The minimum Gasteiger partial charge on any atom is -0.297 e. The number of nitrogens with zero attached hydrogens (tertiary/aromatic N) is 2. The fourth-order valence-electron chi connectivity index (χ4n) is 1.12. The van der Waals surface area contributed by atoms with Crippen LogP contribution >= 0.6 is 22.7 Å². The van der Waals surface area contributed by atoms with Crippen molar-refractivity contribution >= 4 is 39.8 Å². The average molecular weight is 261 g/mol. The second-order valence-electron chi connectivity index (χ2n) is 3.02. The molecule has 4 nitrogen and oxygen atoms in total. The fourth-order valence-corrected chi connectivity index (χ4v) is 2.26. The van der Waals surface area contributed by atoms with Gasteiger partial charge in [-0.05, 0) is 28.5 Å². The van der Waals surface area contributed by atoms with Crippen LogP contribution in [0.25, 0.3) is 6.08 Å². The molecule has 0 atom stereocenters. The van der Waals surface area contributed by atoms with E-state index in [1.165, 1.54) is 22.7 Å². The number of hydrogen-bond donors (Lipinski definition) is 1. The first-order valence-electron chi connectivity index (χ1n) is 4.64. The van der Waals surface area contributed by atoms with Gasteiger partial charge in [0.25, 0.3) is 5.91 Å². The summed E-state index contributed by atoms with van der Waals surface area (Å²) in [5.74, 6) is -0.436. The van der Waals surface area contributed by atoms with E-state index in [1.807, 2.05) is 22.9 Å². The monoisotopic (exact) mass is 261 g/mol. The molecule has 0 bridgehead atoms. The van der Waals surface area contributed by atoms with Crippen molar-refractivity contribution in [3.63, 3.8) is 0 Å². The van der Waals surface area contributed by atoms with Crippen molar-refractivity contribution < 1.29 is 4.79 Å². The maximum Gasteiger partial charge on any atom is 0.268 e. The molecule has 0 unspecified atom stereocenters. The third kappa shape index (κ3) is 3.00. The topological polar surface area (TPSA) is 65.8 Å². The van der Waals surface area contributed by atoms with Crippen molar-refractivity contribution in [3.8, 4) is 6.07 Å². The molecule has 0 fully saturated rings. The number of amides is 1. The number of carbonyl (C=O) groups is 1. The van der Waals surface area contributed by atoms with Gasteiger partial charge in [-0.2, -0.15) is 16.6 Å². The first-order valence-corrected chi connectivity index (χ1v) is 6.46. The number of hydrogen-bond acceptors (Lipinski definition) is 5. The van der Waals surface area contributed by atoms with Gasteiger partial charge >= 0.3 is 0 Å². The maximum atomic E-state index is 11.7. The number of nitriles is 1. The summed E-state index contributed by atoms with van der Waals surface area (Å²) in [7, 11) is 0. The van der Waals surface area contributed by atoms with Crippen LogP contribution in [0, 0.1) is 11.3 Å². The predicted octanol–water partition coefficient (Wildman–Crippen LogP) is 2.75. The maximum absolute atomic E-state index is 11.7. The highest BCUT2D eigenvalue weighted by molar-refractivity contribution is 7.13. The summed E-state index contributed by atoms with van der Waals surface area (Å²) in [6.45, 7) is 0. The molecule has 2 aromatic heterocycles. The van der Waals surface area contributed by atoms with E-state index in [0.29, 0.717) is 5.13 Å². The van der Waals surface area contributed by atoms with E-state index in [1.54, 1.807) is 17.7 Å². The van der Waals surface area contributed by atoms with E-state index < -0.39 is 5.91 Å². The summed E-state index contributed by atoms with van der Waals surface area (Å²) in [5.41, 5.74) is 0.916. The third-order valence-corrected chi connectivity index (χ3v) is 3.26. The molecule has 0 aliphatic heterocycles. The van der Waals surface area contributed by atoms with Gasteiger partial charge < -0.3 is 0 Å². The molecule has 1 amide bonds. The predicted molar refractivity (Wildman–Crippen MR) is 68.7 cm³/mol. The van der Waals surface area contributed by atoms with Crippen molar-refractivity contribution in [2.45, 2.75) is 0 Å². The highest BCUT2D eigenvalue weighted by Gasteiger charge is 2.10. The van der Waals surface area contributed by atoms with Gasteiger partial charge in [-0.1, -0.05) is 0 Å². The van der Waals surface area contributed by atoms with Crippen LogP contribution in [0.5, 0.6) is 0 Å². The lowest BCUT2D eigenvalue weighted by molar-refractivity contribution is -0.112. The van der Waals surface area contributed by atoms with Gasteiger partial charge in [-0.25, -0.2) is 4.98 Å². The smallest absolute Gasteiger partial charge is 0.268 e. The highest BCUT2D eigenvalue weighted by Crippen LogP contribution is 2.14. The Bertz CT molecular complexity index is 564. The first kappa shape index (κ1) is 11.5. The van der Waals surface area contributed by atoms with Gasteiger partial charge in [0.15, 0.2) is 5.13 Å². The molecule has 17 heavy (non-hydrogen) atoms. The molecule has 0 radical (unpaired) electrons. The van der Waals surface area contributed by atoms with Crippen molar-refractivity contribution in [1.82, 2.24) is 4.98 Å². The molecule has 0 aliphatic rings. The molecule has 6 heteroatoms. The van der Waals surface area contributed by atoms with Gasteiger partial charge in [0.2, 0.25) is 0 Å². The van der Waals surface area contributed by atoms with E-state index in [2.05, 4.69) is 10.3 Å². The number of nitrogens with one attached hydrogen (secondary N) is 1. The summed E-state index contributed by atoms with van der Waals surface area (Å²) < 4.78 is 0. The van der Waals surface area contributed by atoms with Gasteiger partial charge in [-0.15, -0.1) is 11.3 Å². The zero-order chi connectivity index (χ0) is 12.1. The number of thiophene rings is 1. The number of carbonyl (C=O) groups excluding carboxylic acids is 1. The van der Waals surface area contributed by atoms with E-state index in [4.69, 9.17) is 5.26 Å². The number of thiazole rings is 1. The Labute approximate surface area is 106 Å². The first-order chi connectivity index (χ1) is 8.29. The van der Waals surface area contributed by atoms with E-state index >= 15 is 0 Å². The Hall–Kier alpha value is -1.97. The van der Waals surface area contributed by atoms with Gasteiger partial charge in [0.05, 0.1) is 0 Å². The zero-order valence-corrected chi connectivity index (χ0v) is 10.2. The Morgan fingerprint density at radius 3 is 3.00 bits per heavy atom. The standard InChI is InChI=1S/C11H7N3OS2/c12-6-9(5-8-1-3-16-7-8)10(15)14-11-13-2-4-17-11/h1-5,7H,(H,13,14,15)/b9-5-. The number of rotatable bonds is 3. The molecule has 0 spiro atoms. The van der Waals surface area contributed by atoms with Crippen LogP contribution in [0.3, 0.4) is 0 Å². The minimum absolute atomic E-state index is 0.0681. The molecule has 84 valence electrons. The quantitative estimate of drug-likeness (QED) is 0.682. The second kappa shape index (κ2) is 5.39. The van der Waals surface area contributed by atoms with Crippen LogP contribution in [-0.2, 0) is 4.79 Å². The van der Waals surface area contributed by atoms with Crippen LogP contribution in [0.2, 0.25) is 0 Å². The molecule has 2 aromatic rings. The summed E-state index contributed by atoms with van der Waals surface area (Å²) in [6.07, 6.45) is 3.15. The van der Waals surface area contributed by atoms with Crippen LogP contribution in [0.1, 0.15) is 5.56 Å². The van der Waals surface area contributed by atoms with E-state index in [0.717, 1.165) is 5.56 Å². The van der Waals surface area contributed by atoms with Crippen molar-refractivity contribution in [1.29, 1.82) is 5.26 Å². The normalized spacial score (nSPS) is 10.9. The molecule has 0 saturated heterocycles. The molecule has 0 aromatic carbocycles. The van der Waals surface area contributed by atoms with Gasteiger partial charge in [-0.3, -0.25) is 10.1 Å². The number of anilines is 1. The zero-order valence-electron chi connectivity index (χ0n) is 8.58. The van der Waals surface area contributed by atoms with Crippen molar-refractivity contribution in [2.24, 2.45) is 0 Å². The lowest BCUT2D eigenvalue weighted by Gasteiger charge is -1.98. The fraction of sp³-hybridized carbons (Fsp3) is 0. The SMILES string of the molecule is N#C/C(=C/c1ccsc1)C(=O)Nc1nccs1. The summed E-state index contributed by atoms with van der Waals surface area (Å²) >= 11 is 2.82. The summed E-state index contributed by atoms with van der Waals surface area (Å²) in [5, 5.41) is 17.5. The summed E-state index contributed by atoms with van der Waals surface area (Å²) in [6, 6.07) is 3.73. The van der Waals surface area contributed by atoms with Crippen molar-refractivity contribution in [3.05, 3.63) is 39.5 Å². The molecule has 2 rings (SSSR count). The van der Waals surface area contributed by atoms with Gasteiger partial charge in [0, 0.05) is 11.6 Å². The third-order valence-electron chi connectivity index (χ3n) is 1.87. The Kier molecular flexibility index (Phi) is 3.65. The van der Waals surface area contributed by atoms with E-state index in [9.17, 15) is 4.79 Å². The Morgan fingerprint density at radius 1 is 1.53 bits per heavy atom. The molecule has 2 heterocycles. The molecular formula is C11H7N3OS2. The van der Waals surface area contributed by atoms with Crippen LogP contribution < -0.4 is 5.32 Å². The highest BCUT2D eigenvalue weighted by atomic mass is 32.1. The Balaban J connectivity index is 2.14. The van der Waals surface area contributed by atoms with Crippen LogP contribution in [0.4, 0.5) is 5.13 Å². The molecule has 0 aliphatic carbocycles. The second-order valence-corrected chi connectivity index (χ2v) is 4.69. The van der Waals surface area contributed by atoms with E-state index in [-0.39, 0.29) is 5.57 Å². The van der Waals surface area contributed by atoms with Crippen LogP contribution in [-0.4, -0.2) is 10.9 Å². The van der Waals surface area contributed by atoms with Crippen LogP contribution in [0.15, 0.2) is 34.0 Å². The molecular weight excluding hydrogens is 254 g/mol. The number of aromatic nitrogens is 1. The lowest BCUT2D eigenvalue weighted by Crippen LogP contribution is -2.13. The minimum atomic E-state index is -0.436. The summed E-state index contributed by atoms with van der Waals surface area (Å²) in [4.78, 5) is 15.7. The Morgan fingerprint density at radius 2 is 2.41 bits per heavy atom. The lowest BCUT2D eigenvalue weighted by atomic mass is 10.2. The van der Waals surface area contributed by atoms with Crippen molar-refractivity contribution in [2.75, 3.05) is 5.32 Å².